The summed E-state index contributed by atoms with van der Waals surface area (Å²) in [6.07, 6.45) is -1.12. The van der Waals surface area contributed by atoms with E-state index in [1.54, 1.807) is 30.6 Å². The van der Waals surface area contributed by atoms with E-state index in [1.807, 2.05) is 18.2 Å². The first-order valence-corrected chi connectivity index (χ1v) is 8.98. The van der Waals surface area contributed by atoms with Crippen molar-refractivity contribution in [1.82, 2.24) is 25.1 Å². The molecular formula is C21H15F3N6. The molecule has 0 saturated heterocycles. The molecule has 0 fully saturated rings. The molecule has 0 aliphatic carbocycles. The molecule has 3 heterocycles. The topological polar surface area (TPSA) is 76.5 Å². The van der Waals surface area contributed by atoms with Crippen LogP contribution >= 0.6 is 0 Å². The number of benzene rings is 1. The van der Waals surface area contributed by atoms with E-state index < -0.39 is 11.7 Å². The average Bonchev–Trinajstić information content (AvgIpc) is 2.78. The fraction of sp³-hybridized carbons (Fsp3) is 0.0952. The number of pyridine rings is 2. The minimum Gasteiger partial charge on any atom is -0.362 e. The van der Waals surface area contributed by atoms with Gasteiger partial charge in [-0.15, -0.1) is 10.2 Å². The molecule has 30 heavy (non-hydrogen) atoms. The zero-order valence-electron chi connectivity index (χ0n) is 15.5. The van der Waals surface area contributed by atoms with Gasteiger partial charge in [0.25, 0.3) is 0 Å². The zero-order valence-corrected chi connectivity index (χ0v) is 15.5. The molecule has 0 radical (unpaired) electrons. The molecule has 1 N–H and O–H groups in total. The Morgan fingerprint density at radius 2 is 1.53 bits per heavy atom. The molecule has 0 aliphatic rings. The summed E-state index contributed by atoms with van der Waals surface area (Å²) in [4.78, 5) is 13.0. The maximum atomic E-state index is 12.9. The lowest BCUT2D eigenvalue weighted by Gasteiger charge is -2.12. The zero-order chi connectivity index (χ0) is 21.0. The van der Waals surface area contributed by atoms with Crippen LogP contribution in [0.5, 0.6) is 0 Å². The van der Waals surface area contributed by atoms with Crippen LogP contribution in [-0.4, -0.2) is 25.1 Å². The van der Waals surface area contributed by atoms with E-state index in [1.165, 1.54) is 12.1 Å². The van der Waals surface area contributed by atoms with Crippen molar-refractivity contribution >= 4 is 5.82 Å². The van der Waals surface area contributed by atoms with E-state index >= 15 is 0 Å². The van der Waals surface area contributed by atoms with Crippen molar-refractivity contribution in [3.05, 3.63) is 84.3 Å². The lowest BCUT2D eigenvalue weighted by molar-refractivity contribution is -0.137. The number of alkyl halides is 3. The molecule has 0 bridgehead atoms. The Hall–Kier alpha value is -3.88. The molecular weight excluding hydrogens is 393 g/mol. The summed E-state index contributed by atoms with van der Waals surface area (Å²) in [6, 6.07) is 15.5. The number of nitrogens with one attached hydrogen (secondary N) is 1. The highest BCUT2D eigenvalue weighted by molar-refractivity contribution is 5.72. The van der Waals surface area contributed by atoms with Crippen molar-refractivity contribution in [2.45, 2.75) is 12.7 Å². The third kappa shape index (κ3) is 4.40. The van der Waals surface area contributed by atoms with Crippen molar-refractivity contribution in [2.75, 3.05) is 5.32 Å². The SMILES string of the molecule is FC(F)(F)c1ccc(-c2nnc(-c3ccccn3)nc2NCc2ccccn2)cc1. The first kappa shape index (κ1) is 19.4. The highest BCUT2D eigenvalue weighted by atomic mass is 19.4. The smallest absolute Gasteiger partial charge is 0.362 e. The summed E-state index contributed by atoms with van der Waals surface area (Å²) < 4.78 is 38.7. The Morgan fingerprint density at radius 3 is 2.17 bits per heavy atom. The van der Waals surface area contributed by atoms with E-state index in [0.717, 1.165) is 17.8 Å². The third-order valence-corrected chi connectivity index (χ3v) is 4.23. The molecule has 3 aromatic heterocycles. The Kier molecular flexibility index (Phi) is 5.34. The van der Waals surface area contributed by atoms with Crippen molar-refractivity contribution in [2.24, 2.45) is 0 Å². The Morgan fingerprint density at radius 1 is 0.800 bits per heavy atom. The molecule has 150 valence electrons. The third-order valence-electron chi connectivity index (χ3n) is 4.23. The number of anilines is 1. The number of hydrogen-bond donors (Lipinski definition) is 1. The van der Waals surface area contributed by atoms with E-state index in [4.69, 9.17) is 0 Å². The van der Waals surface area contributed by atoms with Crippen LogP contribution in [-0.2, 0) is 12.7 Å². The maximum Gasteiger partial charge on any atom is 0.416 e. The average molecular weight is 408 g/mol. The van der Waals surface area contributed by atoms with E-state index in [9.17, 15) is 13.2 Å². The summed E-state index contributed by atoms with van der Waals surface area (Å²) >= 11 is 0. The molecule has 1 aromatic carbocycles. The predicted octanol–water partition coefficient (Wildman–Crippen LogP) is 4.63. The Labute approximate surface area is 169 Å². The highest BCUT2D eigenvalue weighted by Crippen LogP contribution is 2.32. The first-order chi connectivity index (χ1) is 14.5. The molecule has 0 amide bonds. The second kappa shape index (κ2) is 8.24. The largest absolute Gasteiger partial charge is 0.416 e. The number of aromatic nitrogens is 5. The maximum absolute atomic E-state index is 12.9. The quantitative estimate of drug-likeness (QED) is 0.519. The first-order valence-electron chi connectivity index (χ1n) is 8.98. The predicted molar refractivity (Wildman–Crippen MR) is 105 cm³/mol. The lowest BCUT2D eigenvalue weighted by atomic mass is 10.1. The van der Waals surface area contributed by atoms with Gasteiger partial charge in [0.05, 0.1) is 17.8 Å². The van der Waals surface area contributed by atoms with Gasteiger partial charge in [-0.1, -0.05) is 24.3 Å². The minimum atomic E-state index is -4.41. The fourth-order valence-electron chi connectivity index (χ4n) is 2.74. The van der Waals surface area contributed by atoms with Gasteiger partial charge in [-0.3, -0.25) is 9.97 Å². The van der Waals surface area contributed by atoms with Crippen LogP contribution in [0.2, 0.25) is 0 Å². The van der Waals surface area contributed by atoms with Gasteiger partial charge in [-0.05, 0) is 36.4 Å². The van der Waals surface area contributed by atoms with Gasteiger partial charge in [-0.25, -0.2) is 4.98 Å². The van der Waals surface area contributed by atoms with Crippen LogP contribution in [0.1, 0.15) is 11.3 Å². The van der Waals surface area contributed by atoms with E-state index in [0.29, 0.717) is 35.1 Å². The van der Waals surface area contributed by atoms with Crippen molar-refractivity contribution in [3.63, 3.8) is 0 Å². The summed E-state index contributed by atoms with van der Waals surface area (Å²) in [7, 11) is 0. The van der Waals surface area contributed by atoms with Gasteiger partial charge in [-0.2, -0.15) is 13.2 Å². The lowest BCUT2D eigenvalue weighted by Crippen LogP contribution is -2.08. The molecule has 0 saturated carbocycles. The van der Waals surface area contributed by atoms with Gasteiger partial charge in [0.2, 0.25) is 5.82 Å². The standard InChI is InChI=1S/C21H15F3N6/c22-21(23,24)15-9-7-14(8-10-15)18-20(27-13-16-5-1-3-11-25-16)28-19(30-29-18)17-6-2-4-12-26-17/h1-12H,13H2,(H,27,28,30). The molecule has 4 rings (SSSR count). The molecule has 4 aromatic rings. The molecule has 0 aliphatic heterocycles. The highest BCUT2D eigenvalue weighted by Gasteiger charge is 2.30. The molecule has 0 atom stereocenters. The van der Waals surface area contributed by atoms with Crippen LogP contribution in [0.15, 0.2) is 73.1 Å². The van der Waals surface area contributed by atoms with Crippen LogP contribution in [0, 0.1) is 0 Å². The number of halogens is 3. The van der Waals surface area contributed by atoms with Crippen LogP contribution in [0.3, 0.4) is 0 Å². The van der Waals surface area contributed by atoms with E-state index in [2.05, 4.69) is 30.5 Å². The number of rotatable bonds is 5. The van der Waals surface area contributed by atoms with Gasteiger partial charge in [0, 0.05) is 18.0 Å². The summed E-state index contributed by atoms with van der Waals surface area (Å²) in [5, 5.41) is 11.5. The van der Waals surface area contributed by atoms with Gasteiger partial charge >= 0.3 is 6.18 Å². The minimum absolute atomic E-state index is 0.301. The summed E-state index contributed by atoms with van der Waals surface area (Å²) in [6.45, 7) is 0.356. The van der Waals surface area contributed by atoms with Crippen molar-refractivity contribution < 1.29 is 13.2 Å². The monoisotopic (exact) mass is 408 g/mol. The van der Waals surface area contributed by atoms with Gasteiger partial charge in [0.1, 0.15) is 11.4 Å². The molecule has 9 heteroatoms. The number of nitrogens with zero attached hydrogens (tertiary/aromatic N) is 5. The molecule has 0 unspecified atom stereocenters. The van der Waals surface area contributed by atoms with Gasteiger partial charge < -0.3 is 5.32 Å². The van der Waals surface area contributed by atoms with Crippen molar-refractivity contribution in [1.29, 1.82) is 0 Å². The van der Waals surface area contributed by atoms with Crippen LogP contribution < -0.4 is 5.32 Å². The van der Waals surface area contributed by atoms with E-state index in [-0.39, 0.29) is 0 Å². The van der Waals surface area contributed by atoms with Crippen molar-refractivity contribution in [3.8, 4) is 22.8 Å². The summed E-state index contributed by atoms with van der Waals surface area (Å²) in [5.74, 6) is 0.672. The van der Waals surface area contributed by atoms with Crippen LogP contribution in [0.4, 0.5) is 19.0 Å². The number of hydrogen-bond acceptors (Lipinski definition) is 6. The Bertz CT molecular complexity index is 1120. The van der Waals surface area contributed by atoms with Gasteiger partial charge in [0.15, 0.2) is 5.82 Å². The Balaban J connectivity index is 1.71. The fourth-order valence-corrected chi connectivity index (χ4v) is 2.74. The molecule has 0 spiro atoms. The van der Waals surface area contributed by atoms with Crippen LogP contribution in [0.25, 0.3) is 22.8 Å². The second-order valence-corrected chi connectivity index (χ2v) is 6.30. The normalized spacial score (nSPS) is 11.3. The second-order valence-electron chi connectivity index (χ2n) is 6.30. The molecule has 6 nitrogen and oxygen atoms in total. The summed E-state index contributed by atoms with van der Waals surface area (Å²) in [5.41, 5.74) is 1.36.